The molecule has 0 radical (unpaired) electrons. The normalized spacial score (nSPS) is 42.2. The molecule has 0 atom stereocenters. The van der Waals surface area contributed by atoms with Gasteiger partial charge in [-0.25, -0.2) is 0 Å². The maximum Gasteiger partial charge on any atom is 0.266 e. The molecule has 4 heteroatoms. The molecule has 1 saturated heterocycles. The van der Waals surface area contributed by atoms with Gasteiger partial charge in [0.2, 0.25) is 0 Å². The molecule has 3 aliphatic carbocycles. The molecule has 0 bridgehead atoms. The zero-order valence-electron chi connectivity index (χ0n) is 19.6. The molecule has 4 aliphatic rings. The quantitative estimate of drug-likeness (QED) is 0.418. The Bertz CT molecular complexity index is 544. The minimum atomic E-state index is -1.63. The Hall–Kier alpha value is -0.480. The van der Waals surface area contributed by atoms with Gasteiger partial charge >= 0.3 is 0 Å². The summed E-state index contributed by atoms with van der Waals surface area (Å²) < 4.78 is 36.4. The van der Waals surface area contributed by atoms with Crippen LogP contribution in [0.3, 0.4) is 0 Å². The molecule has 4 rings (SSSR count). The van der Waals surface area contributed by atoms with Gasteiger partial charge in [0.25, 0.3) is 6.08 Å². The van der Waals surface area contributed by atoms with Crippen LogP contribution in [-0.4, -0.2) is 19.5 Å². The molecular weight excluding hydrogens is 394 g/mol. The van der Waals surface area contributed by atoms with Crippen molar-refractivity contribution in [3.05, 3.63) is 12.2 Å². The van der Waals surface area contributed by atoms with E-state index in [1.54, 1.807) is 0 Å². The Labute approximate surface area is 188 Å². The fourth-order valence-electron chi connectivity index (χ4n) is 7.01. The number of ether oxygens (including phenoxy) is 2. The van der Waals surface area contributed by atoms with Crippen molar-refractivity contribution >= 4 is 0 Å². The van der Waals surface area contributed by atoms with Gasteiger partial charge in [-0.1, -0.05) is 45.4 Å². The van der Waals surface area contributed by atoms with Crippen molar-refractivity contribution in [2.45, 2.75) is 103 Å². The van der Waals surface area contributed by atoms with Gasteiger partial charge in [0.1, 0.15) is 0 Å². The van der Waals surface area contributed by atoms with Crippen molar-refractivity contribution in [1.29, 1.82) is 0 Å². The topological polar surface area (TPSA) is 18.5 Å². The summed E-state index contributed by atoms with van der Waals surface area (Å²) in [7, 11) is 0. The monoisotopic (exact) mass is 438 g/mol. The SMILES string of the molecule is CC1CCC(C2CCC(CCC3CCC(C4OCC(C=C(F)F)CO4)CC3)CC2)CC1. The van der Waals surface area contributed by atoms with E-state index in [1.807, 2.05) is 0 Å². The lowest BCUT2D eigenvalue weighted by Crippen LogP contribution is -2.38. The largest absolute Gasteiger partial charge is 0.352 e. The number of halogens is 2. The molecule has 1 aliphatic heterocycles. The third-order valence-corrected chi connectivity index (χ3v) is 9.19. The van der Waals surface area contributed by atoms with Crippen molar-refractivity contribution < 1.29 is 18.3 Å². The summed E-state index contributed by atoms with van der Waals surface area (Å²) >= 11 is 0. The van der Waals surface area contributed by atoms with Crippen molar-refractivity contribution in [2.75, 3.05) is 13.2 Å². The highest BCUT2D eigenvalue weighted by Gasteiger charge is 2.33. The molecule has 0 aromatic heterocycles. The van der Waals surface area contributed by atoms with Gasteiger partial charge in [-0.2, -0.15) is 8.78 Å². The second-order valence-corrected chi connectivity index (χ2v) is 11.4. The van der Waals surface area contributed by atoms with Crippen LogP contribution < -0.4 is 0 Å². The molecule has 2 nitrogen and oxygen atoms in total. The average Bonchev–Trinajstić information content (AvgIpc) is 2.79. The van der Waals surface area contributed by atoms with Gasteiger partial charge in [-0.05, 0) is 87.0 Å². The molecule has 3 saturated carbocycles. The van der Waals surface area contributed by atoms with Gasteiger partial charge in [-0.15, -0.1) is 0 Å². The minimum absolute atomic E-state index is 0.175. The molecule has 0 aromatic rings. The predicted octanol–water partition coefficient (Wildman–Crippen LogP) is 7.98. The van der Waals surface area contributed by atoms with Gasteiger partial charge in [0.15, 0.2) is 6.29 Å². The first-order valence-corrected chi connectivity index (χ1v) is 13.3. The van der Waals surface area contributed by atoms with Crippen LogP contribution in [0.15, 0.2) is 12.2 Å². The fraction of sp³-hybridized carbons (Fsp3) is 0.926. The van der Waals surface area contributed by atoms with Crippen LogP contribution in [0.25, 0.3) is 0 Å². The summed E-state index contributed by atoms with van der Waals surface area (Å²) in [5.41, 5.74) is 0. The van der Waals surface area contributed by atoms with E-state index in [9.17, 15) is 8.78 Å². The molecule has 31 heavy (non-hydrogen) atoms. The first kappa shape index (κ1) is 23.7. The van der Waals surface area contributed by atoms with E-state index in [2.05, 4.69) is 6.92 Å². The molecule has 0 amide bonds. The Balaban J connectivity index is 1.09. The molecule has 0 spiro atoms. The average molecular weight is 439 g/mol. The van der Waals surface area contributed by atoms with E-state index in [1.165, 1.54) is 89.9 Å². The molecule has 0 aromatic carbocycles. The summed E-state index contributed by atoms with van der Waals surface area (Å²) in [4.78, 5) is 0. The predicted molar refractivity (Wildman–Crippen MR) is 121 cm³/mol. The highest BCUT2D eigenvalue weighted by Crippen LogP contribution is 2.43. The van der Waals surface area contributed by atoms with E-state index in [4.69, 9.17) is 9.47 Å². The first-order chi connectivity index (χ1) is 15.1. The van der Waals surface area contributed by atoms with E-state index >= 15 is 0 Å². The van der Waals surface area contributed by atoms with Crippen LogP contribution >= 0.6 is 0 Å². The van der Waals surface area contributed by atoms with E-state index in [-0.39, 0.29) is 12.2 Å². The van der Waals surface area contributed by atoms with Crippen LogP contribution in [0, 0.1) is 41.4 Å². The molecular formula is C27H44F2O2. The highest BCUT2D eigenvalue weighted by molar-refractivity contribution is 4.90. The van der Waals surface area contributed by atoms with E-state index in [0.717, 1.165) is 35.7 Å². The van der Waals surface area contributed by atoms with Crippen molar-refractivity contribution in [3.63, 3.8) is 0 Å². The number of hydrogen-bond donors (Lipinski definition) is 0. The van der Waals surface area contributed by atoms with Crippen molar-refractivity contribution in [3.8, 4) is 0 Å². The zero-order chi connectivity index (χ0) is 21.6. The Morgan fingerprint density at radius 3 is 1.61 bits per heavy atom. The molecule has 0 N–H and O–H groups in total. The third-order valence-electron chi connectivity index (χ3n) is 9.19. The van der Waals surface area contributed by atoms with Crippen molar-refractivity contribution in [1.82, 2.24) is 0 Å². The van der Waals surface area contributed by atoms with Crippen LogP contribution in [-0.2, 0) is 9.47 Å². The summed E-state index contributed by atoms with van der Waals surface area (Å²) in [6, 6.07) is 0. The molecule has 1 heterocycles. The lowest BCUT2D eigenvalue weighted by atomic mass is 9.68. The Morgan fingerprint density at radius 2 is 1.13 bits per heavy atom. The van der Waals surface area contributed by atoms with E-state index < -0.39 is 6.08 Å². The second-order valence-electron chi connectivity index (χ2n) is 11.4. The standard InChI is InChI=1S/C27H44F2O2/c1-19-2-10-23(11-3-19)24-12-6-20(7-13-24)4-5-21-8-14-25(15-9-21)27-30-17-22(18-31-27)16-26(28)29/h16,19-25,27H,2-15,17-18H2,1H3. The molecule has 4 fully saturated rings. The zero-order valence-corrected chi connectivity index (χ0v) is 19.6. The smallest absolute Gasteiger partial charge is 0.266 e. The van der Waals surface area contributed by atoms with Crippen molar-refractivity contribution in [2.24, 2.45) is 41.4 Å². The lowest BCUT2D eigenvalue weighted by Gasteiger charge is -2.38. The van der Waals surface area contributed by atoms with Gasteiger partial charge in [0.05, 0.1) is 13.2 Å². The first-order valence-electron chi connectivity index (χ1n) is 13.3. The van der Waals surface area contributed by atoms with Crippen LogP contribution in [0.4, 0.5) is 8.78 Å². The summed E-state index contributed by atoms with van der Waals surface area (Å²) in [5.74, 6) is 5.04. The van der Waals surface area contributed by atoms with Crippen LogP contribution in [0.5, 0.6) is 0 Å². The molecule has 178 valence electrons. The summed E-state index contributed by atoms with van der Waals surface area (Å²) in [5, 5.41) is 0. The van der Waals surface area contributed by atoms with E-state index in [0.29, 0.717) is 19.1 Å². The van der Waals surface area contributed by atoms with Gasteiger partial charge in [-0.3, -0.25) is 0 Å². The number of rotatable bonds is 6. The van der Waals surface area contributed by atoms with Gasteiger partial charge < -0.3 is 9.47 Å². The Morgan fingerprint density at radius 1 is 0.677 bits per heavy atom. The second kappa shape index (κ2) is 11.6. The summed E-state index contributed by atoms with van der Waals surface area (Å²) in [6.45, 7) is 3.16. The Kier molecular flexibility index (Phi) is 8.85. The lowest BCUT2D eigenvalue weighted by molar-refractivity contribution is -0.223. The fourth-order valence-corrected chi connectivity index (χ4v) is 7.01. The maximum absolute atomic E-state index is 12.4. The van der Waals surface area contributed by atoms with Crippen LogP contribution in [0.2, 0.25) is 0 Å². The third kappa shape index (κ3) is 7.00. The summed E-state index contributed by atoms with van der Waals surface area (Å²) in [6.07, 6.45) is 18.8. The number of hydrogen-bond acceptors (Lipinski definition) is 2. The minimum Gasteiger partial charge on any atom is -0.352 e. The van der Waals surface area contributed by atoms with Crippen LogP contribution in [0.1, 0.15) is 96.8 Å². The molecule has 0 unspecified atom stereocenters. The maximum atomic E-state index is 12.4. The highest BCUT2D eigenvalue weighted by atomic mass is 19.3. The van der Waals surface area contributed by atoms with Gasteiger partial charge in [0, 0.05) is 11.8 Å².